The van der Waals surface area contributed by atoms with Crippen LogP contribution >= 0.6 is 11.6 Å². The molecule has 0 aliphatic carbocycles. The van der Waals surface area contributed by atoms with Crippen LogP contribution in [-0.4, -0.2) is 81.0 Å². The summed E-state index contributed by atoms with van der Waals surface area (Å²) in [7, 11) is 35.7. The summed E-state index contributed by atoms with van der Waals surface area (Å²) in [6.45, 7) is -0.367. The Hall–Kier alpha value is -2.94. The predicted octanol–water partition coefficient (Wildman–Crippen LogP) is -0.201. The third kappa shape index (κ3) is 4.01. The maximum Gasteiger partial charge on any atom is 0.349 e. The average molecular weight is 521 g/mol. The zero-order valence-electron chi connectivity index (χ0n) is 19.5. The maximum atomic E-state index is 14.6. The van der Waals surface area contributed by atoms with Crippen LogP contribution in [0.5, 0.6) is 0 Å². The molecule has 0 saturated carbocycles. The molecule has 2 aliphatic rings. The first-order valence-corrected chi connectivity index (χ1v) is 11.3. The van der Waals surface area contributed by atoms with Gasteiger partial charge in [-0.2, -0.15) is 8.78 Å². The van der Waals surface area contributed by atoms with E-state index in [1.807, 2.05) is 10.6 Å². The number of hydrogen-bond acceptors (Lipinski definition) is 4. The molecule has 0 bridgehead atoms. The normalized spacial score (nSPS) is 22.9. The molecular weight excluding hydrogens is 509 g/mol. The number of nitrogens with one attached hydrogen (secondary N) is 2. The van der Waals surface area contributed by atoms with Crippen LogP contribution in [0.15, 0.2) is 42.5 Å². The van der Waals surface area contributed by atoms with E-state index in [-0.39, 0.29) is 28.3 Å². The molecule has 2 atom stereocenters. The molecule has 4 amide bonds. The van der Waals surface area contributed by atoms with E-state index < -0.39 is 56.9 Å². The van der Waals surface area contributed by atoms with Crippen LogP contribution in [0.3, 0.4) is 0 Å². The van der Waals surface area contributed by atoms with Crippen molar-refractivity contribution in [2.24, 2.45) is 0 Å². The van der Waals surface area contributed by atoms with Gasteiger partial charge >= 0.3 is 5.92 Å². The summed E-state index contributed by atoms with van der Waals surface area (Å²) in [6.07, 6.45) is 0. The number of carbonyl (C=O) groups is 4. The highest BCUT2D eigenvalue weighted by atomic mass is 35.5. The number of imide groups is 1. The molecule has 178 valence electrons. The first-order valence-electron chi connectivity index (χ1n) is 10.9. The molecule has 2 unspecified atom stereocenters. The lowest BCUT2D eigenvalue weighted by atomic mass is 9.21. The van der Waals surface area contributed by atoms with Crippen LogP contribution in [0.1, 0.15) is 33.0 Å². The SMILES string of the molecule is [B]C(NC(=O)C(F)(F)c1ccc(Cl)cc1)c1ccc2c(c1)CN(C1([B])C(=O)NC(=O)C([B])([B])C1([B])[B])C2=O. The van der Waals surface area contributed by atoms with Crippen LogP contribution in [0, 0.1) is 0 Å². The molecule has 2 aromatic carbocycles. The van der Waals surface area contributed by atoms with E-state index in [2.05, 4.69) is 0 Å². The van der Waals surface area contributed by atoms with Gasteiger partial charge in [0.1, 0.15) is 15.7 Å². The molecule has 16 heteroatoms. The summed E-state index contributed by atoms with van der Waals surface area (Å²) >= 11 is 5.71. The fourth-order valence-electron chi connectivity index (χ4n) is 4.26. The minimum Gasteiger partial charge on any atom is -0.352 e. The van der Waals surface area contributed by atoms with Crippen LogP contribution in [0.25, 0.3) is 0 Å². The first kappa shape index (κ1) is 28.1. The zero-order chi connectivity index (χ0) is 28.4. The topological polar surface area (TPSA) is 95.6 Å². The zero-order valence-corrected chi connectivity index (χ0v) is 20.3. The van der Waals surface area contributed by atoms with E-state index in [1.165, 1.54) is 30.3 Å². The largest absolute Gasteiger partial charge is 0.352 e. The fourth-order valence-corrected chi connectivity index (χ4v) is 4.39. The molecule has 1 fully saturated rings. The molecule has 0 aromatic heterocycles. The molecule has 1 saturated heterocycles. The second kappa shape index (κ2) is 9.07. The Labute approximate surface area is 229 Å². The van der Waals surface area contributed by atoms with Crippen molar-refractivity contribution < 1.29 is 28.0 Å². The lowest BCUT2D eigenvalue weighted by Crippen LogP contribution is -2.75. The molecular formula is C22H12B6ClF2N3O4. The number of alkyl halides is 2. The highest BCUT2D eigenvalue weighted by Crippen LogP contribution is 2.55. The number of fused-ring (bicyclic) bond motifs is 1. The molecule has 2 heterocycles. The molecule has 2 N–H and O–H groups in total. The third-order valence-corrected chi connectivity index (χ3v) is 7.01. The van der Waals surface area contributed by atoms with Crippen molar-refractivity contribution in [2.45, 2.75) is 34.3 Å². The quantitative estimate of drug-likeness (QED) is 0.422. The minimum absolute atomic E-state index is 0.0451. The molecule has 2 aliphatic heterocycles. The van der Waals surface area contributed by atoms with Gasteiger partial charge in [-0.1, -0.05) is 41.1 Å². The number of hydrogen-bond donors (Lipinski definition) is 2. The number of carbonyl (C=O) groups excluding carboxylic acids is 4. The van der Waals surface area contributed by atoms with Gasteiger partial charge < -0.3 is 10.2 Å². The summed E-state index contributed by atoms with van der Waals surface area (Å²) in [5, 5.41) is -1.05. The average Bonchev–Trinajstić information content (AvgIpc) is 3.18. The van der Waals surface area contributed by atoms with E-state index >= 15 is 0 Å². The summed E-state index contributed by atoms with van der Waals surface area (Å²) in [5.74, 6) is -10.2. The first-order chi connectivity index (χ1) is 17.5. The number of nitrogens with zero attached hydrogens (tertiary/aromatic N) is 1. The Kier molecular flexibility index (Phi) is 6.70. The Morgan fingerprint density at radius 3 is 2.24 bits per heavy atom. The molecule has 0 spiro atoms. The van der Waals surface area contributed by atoms with Crippen molar-refractivity contribution in [3.05, 3.63) is 69.7 Å². The second-order valence-electron chi connectivity index (χ2n) is 9.13. The summed E-state index contributed by atoms with van der Waals surface area (Å²) in [6, 6.07) is 8.39. The Bertz CT molecular complexity index is 1380. The van der Waals surface area contributed by atoms with Gasteiger partial charge in [-0.05, 0) is 34.5 Å². The van der Waals surface area contributed by atoms with E-state index in [0.29, 0.717) is 0 Å². The van der Waals surface area contributed by atoms with Gasteiger partial charge in [-0.15, -0.1) is 0 Å². The summed E-state index contributed by atoms with van der Waals surface area (Å²) in [5.41, 5.74) is -2.73. The number of rotatable bonds is 5. The Morgan fingerprint density at radius 1 is 1.03 bits per heavy atom. The molecule has 38 heavy (non-hydrogen) atoms. The predicted molar refractivity (Wildman–Crippen MR) is 138 cm³/mol. The lowest BCUT2D eigenvalue weighted by Gasteiger charge is -2.60. The summed E-state index contributed by atoms with van der Waals surface area (Å²) in [4.78, 5) is 51.2. The van der Waals surface area contributed by atoms with Crippen LogP contribution in [0.2, 0.25) is 15.5 Å². The van der Waals surface area contributed by atoms with Gasteiger partial charge in [0, 0.05) is 28.6 Å². The van der Waals surface area contributed by atoms with Crippen molar-refractivity contribution in [1.29, 1.82) is 0 Å². The smallest absolute Gasteiger partial charge is 0.349 e. The third-order valence-electron chi connectivity index (χ3n) is 6.76. The number of amides is 4. The van der Waals surface area contributed by atoms with Crippen LogP contribution in [-0.2, 0) is 26.9 Å². The molecule has 4 rings (SSSR count). The van der Waals surface area contributed by atoms with E-state index in [0.717, 1.165) is 17.0 Å². The molecule has 2 aromatic rings. The van der Waals surface area contributed by atoms with E-state index in [4.69, 9.17) is 58.7 Å². The van der Waals surface area contributed by atoms with Gasteiger partial charge in [-0.3, -0.25) is 24.5 Å². The van der Waals surface area contributed by atoms with Crippen molar-refractivity contribution in [3.63, 3.8) is 0 Å². The second-order valence-corrected chi connectivity index (χ2v) is 9.56. The Morgan fingerprint density at radius 2 is 1.63 bits per heavy atom. The Balaban J connectivity index is 1.58. The minimum atomic E-state index is -3.92. The van der Waals surface area contributed by atoms with E-state index in [1.54, 1.807) is 0 Å². The highest BCUT2D eigenvalue weighted by molar-refractivity contribution is 6.66. The number of halogens is 3. The number of benzene rings is 2. The maximum absolute atomic E-state index is 14.6. The highest BCUT2D eigenvalue weighted by Gasteiger charge is 2.63. The fraction of sp³-hybridized carbons (Fsp3) is 0.273. The van der Waals surface area contributed by atoms with E-state index in [9.17, 15) is 28.0 Å². The van der Waals surface area contributed by atoms with Crippen LogP contribution < -0.4 is 10.6 Å². The standard InChI is InChI=1S/C22H12B6ClF2N3O4/c23-14(32-16(36)19(30,31)11-2-4-12(29)5-3-11)9-1-6-13-10(7-9)8-34(15(13)35)21(26)18(38)33-17(37)20(24,25)22(21,27)28/h1-7,14H,8H2,(H,32,36)(H,33,37,38). The van der Waals surface area contributed by atoms with Gasteiger partial charge in [0.2, 0.25) is 11.8 Å². The van der Waals surface area contributed by atoms with Gasteiger partial charge in [0.15, 0.2) is 0 Å². The van der Waals surface area contributed by atoms with Crippen molar-refractivity contribution in [3.8, 4) is 0 Å². The summed E-state index contributed by atoms with van der Waals surface area (Å²) < 4.78 is 29.3. The van der Waals surface area contributed by atoms with Crippen molar-refractivity contribution in [1.82, 2.24) is 15.5 Å². The van der Waals surface area contributed by atoms with Gasteiger partial charge in [0.05, 0.1) is 36.8 Å². The van der Waals surface area contributed by atoms with Gasteiger partial charge in [0.25, 0.3) is 11.8 Å². The molecule has 12 radical (unpaired) electrons. The lowest BCUT2D eigenvalue weighted by molar-refractivity contribution is -0.147. The van der Waals surface area contributed by atoms with Gasteiger partial charge in [-0.25, -0.2) is 0 Å². The number of piperidine rings is 1. The molecule has 7 nitrogen and oxygen atoms in total. The monoisotopic (exact) mass is 521 g/mol. The van der Waals surface area contributed by atoms with Crippen molar-refractivity contribution >= 4 is 82.3 Å². The van der Waals surface area contributed by atoms with Crippen LogP contribution in [0.4, 0.5) is 8.78 Å². The van der Waals surface area contributed by atoms with Crippen molar-refractivity contribution in [2.75, 3.05) is 0 Å².